The number of rotatable bonds is 7. The standard InChI is InChI=1S/C26H46FN7O2/c1-5-26(2)10-8-18(27)14-31-19(13-26)22(23(28)29)24(35)32-20-15-30-11-9-21(20)34-12-6-7-17(16-34)25(36)33(3)4/h8,10,14,17-23,30H,5-7,9,11-13,15-16,28-29H2,1-4H3,(H,32,35)/b10-8-,31-14-. The Balaban J connectivity index is 1.76. The summed E-state index contributed by atoms with van der Waals surface area (Å²) in [5.41, 5.74) is 12.0. The summed E-state index contributed by atoms with van der Waals surface area (Å²) in [6.07, 6.45) is 6.47. The number of halogens is 1. The highest BCUT2D eigenvalue weighted by atomic mass is 19.1. The fraction of sp³-hybridized carbons (Fsp3) is 0.808. The Morgan fingerprint density at radius 2 is 2.08 bits per heavy atom. The largest absolute Gasteiger partial charge is 0.350 e. The maximum atomic E-state index is 14.3. The highest BCUT2D eigenvalue weighted by Gasteiger charge is 2.40. The zero-order chi connectivity index (χ0) is 26.5. The van der Waals surface area contributed by atoms with Gasteiger partial charge in [-0.25, -0.2) is 4.39 Å². The molecule has 0 saturated carbocycles. The second-order valence-corrected chi connectivity index (χ2v) is 11.2. The predicted octanol–water partition coefficient (Wildman–Crippen LogP) is 0.647. The van der Waals surface area contributed by atoms with Gasteiger partial charge in [0.2, 0.25) is 11.8 Å². The number of alkyl halides is 1. The molecule has 204 valence electrons. The van der Waals surface area contributed by atoms with Crippen molar-refractivity contribution in [2.24, 2.45) is 33.7 Å². The molecular weight excluding hydrogens is 461 g/mol. The van der Waals surface area contributed by atoms with E-state index in [2.05, 4.69) is 20.5 Å². The Labute approximate surface area is 215 Å². The first-order valence-electron chi connectivity index (χ1n) is 13.4. The average Bonchev–Trinajstić information content (AvgIpc) is 2.85. The van der Waals surface area contributed by atoms with Crippen LogP contribution in [0.2, 0.25) is 0 Å². The van der Waals surface area contributed by atoms with Crippen LogP contribution in [-0.4, -0.2) is 98.6 Å². The maximum absolute atomic E-state index is 14.3. The summed E-state index contributed by atoms with van der Waals surface area (Å²) in [7, 11) is 3.60. The van der Waals surface area contributed by atoms with Gasteiger partial charge in [-0.15, -0.1) is 0 Å². The van der Waals surface area contributed by atoms with E-state index in [-0.39, 0.29) is 35.2 Å². The summed E-state index contributed by atoms with van der Waals surface area (Å²) in [5, 5.41) is 6.61. The van der Waals surface area contributed by atoms with Crippen LogP contribution in [0.5, 0.6) is 0 Å². The molecule has 0 aliphatic carbocycles. The number of hydrogen-bond donors (Lipinski definition) is 4. The molecule has 36 heavy (non-hydrogen) atoms. The van der Waals surface area contributed by atoms with Gasteiger partial charge < -0.3 is 27.0 Å². The van der Waals surface area contributed by atoms with E-state index < -0.39 is 24.3 Å². The molecule has 0 aromatic carbocycles. The first-order valence-corrected chi connectivity index (χ1v) is 13.4. The SMILES string of the molecule is CCC1(C)/C=C\C(F)/C=N\C(C(C(=O)NC2CNCCC2N2CCCC(C(=O)N(C)C)C2)C(N)N)C1. The van der Waals surface area contributed by atoms with E-state index in [1.807, 2.05) is 19.9 Å². The highest BCUT2D eigenvalue weighted by molar-refractivity contribution is 5.81. The van der Waals surface area contributed by atoms with Gasteiger partial charge in [0, 0.05) is 39.4 Å². The number of aliphatic imine (C=N–C) groups is 1. The van der Waals surface area contributed by atoms with Gasteiger partial charge >= 0.3 is 0 Å². The molecule has 2 amide bonds. The maximum Gasteiger partial charge on any atom is 0.228 e. The van der Waals surface area contributed by atoms with Crippen LogP contribution < -0.4 is 22.1 Å². The molecule has 0 spiro atoms. The van der Waals surface area contributed by atoms with Gasteiger partial charge in [-0.05, 0) is 56.7 Å². The number of carbonyl (C=O) groups is 2. The Kier molecular flexibility index (Phi) is 10.0. The van der Waals surface area contributed by atoms with Crippen molar-refractivity contribution >= 4 is 18.0 Å². The van der Waals surface area contributed by atoms with Crippen molar-refractivity contribution in [3.05, 3.63) is 12.2 Å². The number of nitrogens with zero attached hydrogens (tertiary/aromatic N) is 3. The van der Waals surface area contributed by atoms with Crippen molar-refractivity contribution < 1.29 is 14.0 Å². The van der Waals surface area contributed by atoms with Gasteiger partial charge in [0.15, 0.2) is 6.17 Å². The van der Waals surface area contributed by atoms with Crippen molar-refractivity contribution in [3.63, 3.8) is 0 Å². The van der Waals surface area contributed by atoms with Crippen LogP contribution in [-0.2, 0) is 9.59 Å². The summed E-state index contributed by atoms with van der Waals surface area (Å²) in [6, 6.07) is -0.558. The molecule has 6 N–H and O–H groups in total. The molecule has 3 aliphatic rings. The van der Waals surface area contributed by atoms with Crippen LogP contribution in [0.25, 0.3) is 0 Å². The van der Waals surface area contributed by atoms with Gasteiger partial charge in [0.25, 0.3) is 0 Å². The lowest BCUT2D eigenvalue weighted by Crippen LogP contribution is -2.64. The molecular formula is C26H46FN7O2. The minimum absolute atomic E-state index is 0.0251. The van der Waals surface area contributed by atoms with Gasteiger partial charge in [0.05, 0.1) is 30.1 Å². The van der Waals surface area contributed by atoms with Gasteiger partial charge in [-0.3, -0.25) is 19.5 Å². The number of nitrogens with one attached hydrogen (secondary N) is 2. The van der Waals surface area contributed by atoms with Crippen LogP contribution in [0.4, 0.5) is 4.39 Å². The van der Waals surface area contributed by atoms with E-state index in [0.29, 0.717) is 19.5 Å². The fourth-order valence-corrected chi connectivity index (χ4v) is 5.84. The molecule has 7 unspecified atom stereocenters. The minimum atomic E-state index is -1.31. The van der Waals surface area contributed by atoms with E-state index in [1.165, 1.54) is 12.3 Å². The second kappa shape index (κ2) is 12.6. The van der Waals surface area contributed by atoms with Crippen LogP contribution in [0.1, 0.15) is 46.0 Å². The summed E-state index contributed by atoms with van der Waals surface area (Å²) in [4.78, 5) is 34.8. The highest BCUT2D eigenvalue weighted by Crippen LogP contribution is 2.34. The van der Waals surface area contributed by atoms with Crippen molar-refractivity contribution in [2.75, 3.05) is 40.3 Å². The molecule has 10 heteroatoms. The zero-order valence-electron chi connectivity index (χ0n) is 22.3. The van der Waals surface area contributed by atoms with Gasteiger partial charge in [-0.2, -0.15) is 0 Å². The number of hydrogen-bond acceptors (Lipinski definition) is 7. The quantitative estimate of drug-likeness (QED) is 0.296. The lowest BCUT2D eigenvalue weighted by Gasteiger charge is -2.44. The Hall–Kier alpha value is -1.88. The smallest absolute Gasteiger partial charge is 0.228 e. The summed E-state index contributed by atoms with van der Waals surface area (Å²) < 4.78 is 14.3. The normalized spacial score (nSPS) is 36.4. The summed E-state index contributed by atoms with van der Waals surface area (Å²) in [5.74, 6) is -0.896. The van der Waals surface area contributed by atoms with E-state index in [4.69, 9.17) is 11.5 Å². The zero-order valence-corrected chi connectivity index (χ0v) is 22.3. The average molecular weight is 508 g/mol. The summed E-state index contributed by atoms with van der Waals surface area (Å²) in [6.45, 7) is 7.17. The molecule has 3 heterocycles. The minimum Gasteiger partial charge on any atom is -0.350 e. The number of allylic oxidation sites excluding steroid dienone is 2. The van der Waals surface area contributed by atoms with E-state index in [0.717, 1.165) is 38.8 Å². The monoisotopic (exact) mass is 507 g/mol. The molecule has 0 aromatic heterocycles. The van der Waals surface area contributed by atoms with Crippen LogP contribution >= 0.6 is 0 Å². The molecule has 0 radical (unpaired) electrons. The number of carbonyl (C=O) groups excluding carboxylic acids is 2. The van der Waals surface area contributed by atoms with Crippen LogP contribution in [0.3, 0.4) is 0 Å². The third kappa shape index (κ3) is 7.12. The molecule has 0 aromatic rings. The van der Waals surface area contributed by atoms with Gasteiger partial charge in [0.1, 0.15) is 0 Å². The topological polar surface area (TPSA) is 129 Å². The molecule has 7 atom stereocenters. The molecule has 3 aliphatic heterocycles. The predicted molar refractivity (Wildman–Crippen MR) is 141 cm³/mol. The van der Waals surface area contributed by atoms with Crippen LogP contribution in [0, 0.1) is 17.3 Å². The fourth-order valence-electron chi connectivity index (χ4n) is 5.84. The van der Waals surface area contributed by atoms with Crippen LogP contribution in [0.15, 0.2) is 17.1 Å². The van der Waals surface area contributed by atoms with E-state index in [1.54, 1.807) is 19.0 Å². The number of likely N-dealkylation sites (tertiary alicyclic amines) is 1. The second-order valence-electron chi connectivity index (χ2n) is 11.2. The molecule has 2 fully saturated rings. The Morgan fingerprint density at radius 1 is 1.33 bits per heavy atom. The lowest BCUT2D eigenvalue weighted by molar-refractivity contribution is -0.135. The number of nitrogens with two attached hydrogens (primary N) is 2. The van der Waals surface area contributed by atoms with Crippen molar-refractivity contribution in [1.82, 2.24) is 20.4 Å². The first kappa shape index (κ1) is 28.7. The van der Waals surface area contributed by atoms with Crippen molar-refractivity contribution in [1.29, 1.82) is 0 Å². The third-order valence-corrected chi connectivity index (χ3v) is 8.20. The molecule has 9 nitrogen and oxygen atoms in total. The lowest BCUT2D eigenvalue weighted by atomic mass is 9.76. The Bertz CT molecular complexity index is 820. The van der Waals surface area contributed by atoms with Crippen molar-refractivity contribution in [3.8, 4) is 0 Å². The first-order chi connectivity index (χ1) is 17.0. The van der Waals surface area contributed by atoms with E-state index in [9.17, 15) is 14.0 Å². The molecule has 3 rings (SSSR count). The summed E-state index contributed by atoms with van der Waals surface area (Å²) >= 11 is 0. The Morgan fingerprint density at radius 3 is 2.75 bits per heavy atom. The van der Waals surface area contributed by atoms with E-state index >= 15 is 0 Å². The van der Waals surface area contributed by atoms with Gasteiger partial charge in [-0.1, -0.05) is 19.9 Å². The molecule has 2 saturated heterocycles. The number of piperidine rings is 2. The van der Waals surface area contributed by atoms with Crippen molar-refractivity contribution in [2.45, 2.75) is 76.4 Å². The molecule has 0 bridgehead atoms. The number of amides is 2. The third-order valence-electron chi connectivity index (χ3n) is 8.20.